The highest BCUT2D eigenvalue weighted by Crippen LogP contribution is 2.37. The van der Waals surface area contributed by atoms with Crippen molar-refractivity contribution >= 4 is 43.0 Å². The van der Waals surface area contributed by atoms with Gasteiger partial charge in [0.2, 0.25) is 7.28 Å². The summed E-state index contributed by atoms with van der Waals surface area (Å²) < 4.78 is 2.45. The first kappa shape index (κ1) is 26.3. The molecule has 4 heteroatoms. The van der Waals surface area contributed by atoms with Crippen LogP contribution in [0.1, 0.15) is 43.2 Å². The van der Waals surface area contributed by atoms with Crippen molar-refractivity contribution in [1.82, 2.24) is 9.55 Å². The minimum atomic E-state index is -2.20. The molecule has 1 aliphatic carbocycles. The van der Waals surface area contributed by atoms with E-state index < -0.39 is 8.07 Å². The van der Waals surface area contributed by atoms with Gasteiger partial charge in [0, 0.05) is 18.6 Å². The van der Waals surface area contributed by atoms with Gasteiger partial charge in [-0.25, -0.2) is 0 Å². The fourth-order valence-corrected chi connectivity index (χ4v) is 12.3. The van der Waals surface area contributed by atoms with E-state index in [1.807, 2.05) is 6.20 Å². The second kappa shape index (κ2) is 12.5. The summed E-state index contributed by atoms with van der Waals surface area (Å²) >= 11 is 0. The molecule has 1 radical (unpaired) electrons. The lowest BCUT2D eigenvalue weighted by Gasteiger charge is -2.42. The second-order valence-electron chi connectivity index (χ2n) is 11.0. The second-order valence-corrected chi connectivity index (χ2v) is 15.2. The molecule has 6 rings (SSSR count). The Kier molecular flexibility index (Phi) is 8.25. The van der Waals surface area contributed by atoms with E-state index in [4.69, 9.17) is 4.98 Å². The first-order valence-electron chi connectivity index (χ1n) is 14.6. The first-order chi connectivity index (χ1) is 19.8. The van der Waals surface area contributed by atoms with E-state index in [9.17, 15) is 0 Å². The van der Waals surface area contributed by atoms with Gasteiger partial charge in [-0.2, -0.15) is 0 Å². The Morgan fingerprint density at radius 2 is 1.27 bits per heavy atom. The molecule has 0 saturated heterocycles. The average Bonchev–Trinajstić information content (AvgIpc) is 3.48. The SMILES string of the molecule is [B](C(=Cc1ccccc1)c1ccccc1)c1nccn1C[Si](c1ccccc1)(c1ccccc1)C1CCCCC1. The predicted molar refractivity (Wildman–Crippen MR) is 173 cm³/mol. The highest BCUT2D eigenvalue weighted by atomic mass is 28.3. The third-order valence-corrected chi connectivity index (χ3v) is 14.1. The Bertz CT molecular complexity index is 1470. The molecule has 1 heterocycles. The topological polar surface area (TPSA) is 17.8 Å². The van der Waals surface area contributed by atoms with Crippen molar-refractivity contribution in [3.05, 3.63) is 145 Å². The number of imidazole rings is 1. The summed E-state index contributed by atoms with van der Waals surface area (Å²) in [6, 6.07) is 44.1. The van der Waals surface area contributed by atoms with Crippen LogP contribution in [0.15, 0.2) is 134 Å². The van der Waals surface area contributed by atoms with Crippen LogP contribution in [0.4, 0.5) is 0 Å². The Balaban J connectivity index is 1.44. The van der Waals surface area contributed by atoms with Gasteiger partial charge in [0.25, 0.3) is 0 Å². The summed E-state index contributed by atoms with van der Waals surface area (Å²) in [5.74, 6) is 0. The normalized spacial score (nSPS) is 14.7. The van der Waals surface area contributed by atoms with E-state index in [1.54, 1.807) is 0 Å². The molecule has 0 N–H and O–H groups in total. The molecule has 1 saturated carbocycles. The largest absolute Gasteiger partial charge is 0.345 e. The minimum absolute atomic E-state index is 0.703. The van der Waals surface area contributed by atoms with Crippen LogP contribution in [-0.4, -0.2) is 24.9 Å². The quantitative estimate of drug-likeness (QED) is 0.155. The number of aromatic nitrogens is 2. The lowest BCUT2D eigenvalue weighted by atomic mass is 9.65. The van der Waals surface area contributed by atoms with Crippen LogP contribution in [0.2, 0.25) is 5.54 Å². The van der Waals surface area contributed by atoms with Crippen molar-refractivity contribution in [3.63, 3.8) is 0 Å². The lowest BCUT2D eigenvalue weighted by Crippen LogP contribution is -2.65. The molecular formula is C36H36BN2Si. The fourth-order valence-electron chi connectivity index (χ4n) is 6.59. The van der Waals surface area contributed by atoms with Crippen LogP contribution >= 0.6 is 0 Å². The van der Waals surface area contributed by atoms with Gasteiger partial charge in [0.05, 0.1) is 5.72 Å². The first-order valence-corrected chi connectivity index (χ1v) is 16.9. The third kappa shape index (κ3) is 5.68. The van der Waals surface area contributed by atoms with Crippen molar-refractivity contribution in [2.45, 2.75) is 43.8 Å². The molecule has 1 aromatic heterocycles. The van der Waals surface area contributed by atoms with Gasteiger partial charge < -0.3 is 4.57 Å². The lowest BCUT2D eigenvalue weighted by molar-refractivity contribution is 0.491. The Hall–Kier alpha value is -3.89. The molecule has 0 bridgehead atoms. The Labute approximate surface area is 240 Å². The molecule has 0 atom stereocenters. The van der Waals surface area contributed by atoms with Crippen molar-refractivity contribution in [2.75, 3.05) is 0 Å². The fraction of sp³-hybridized carbons (Fsp3) is 0.194. The standard InChI is InChI=1S/C36H36BN2Si/c1-6-16-30(17-7-1)28-35(31-18-8-2-9-19-31)37-36-38-26-27-39(36)29-40(32-20-10-3-11-21-32,33-22-12-4-13-23-33)34-24-14-5-15-25-34/h1-4,6-13,16-23,26-28,34H,5,14-15,24-25,29H2. The van der Waals surface area contributed by atoms with Crippen LogP contribution in [0, 0.1) is 0 Å². The van der Waals surface area contributed by atoms with E-state index in [0.29, 0.717) is 5.54 Å². The summed E-state index contributed by atoms with van der Waals surface area (Å²) in [7, 11) is 0.0724. The molecule has 1 fully saturated rings. The van der Waals surface area contributed by atoms with Gasteiger partial charge in [-0.05, 0) is 16.7 Å². The highest BCUT2D eigenvalue weighted by molar-refractivity contribution is 7.02. The maximum atomic E-state index is 4.93. The van der Waals surface area contributed by atoms with E-state index in [2.05, 4.69) is 145 Å². The Morgan fingerprint density at radius 3 is 1.88 bits per heavy atom. The molecule has 0 aliphatic heterocycles. The monoisotopic (exact) mass is 535 g/mol. The minimum Gasteiger partial charge on any atom is -0.345 e. The zero-order valence-electron chi connectivity index (χ0n) is 23.1. The summed E-state index contributed by atoms with van der Waals surface area (Å²) in [6.45, 7) is 0. The molecule has 0 amide bonds. The molecule has 40 heavy (non-hydrogen) atoms. The van der Waals surface area contributed by atoms with E-state index >= 15 is 0 Å². The maximum Gasteiger partial charge on any atom is 0.241 e. The molecule has 0 unspecified atom stereocenters. The highest BCUT2D eigenvalue weighted by Gasteiger charge is 2.45. The Morgan fingerprint density at radius 1 is 0.725 bits per heavy atom. The van der Waals surface area contributed by atoms with Crippen LogP contribution < -0.4 is 16.1 Å². The van der Waals surface area contributed by atoms with E-state index in [1.165, 1.54) is 59.1 Å². The van der Waals surface area contributed by atoms with Crippen LogP contribution in [0.5, 0.6) is 0 Å². The number of hydrogen-bond donors (Lipinski definition) is 0. The van der Waals surface area contributed by atoms with E-state index in [0.717, 1.165) is 11.9 Å². The molecule has 0 spiro atoms. The van der Waals surface area contributed by atoms with E-state index in [-0.39, 0.29) is 0 Å². The molecular weight excluding hydrogens is 499 g/mol. The predicted octanol–water partition coefficient (Wildman–Crippen LogP) is 6.55. The van der Waals surface area contributed by atoms with Gasteiger partial charge in [-0.3, -0.25) is 4.98 Å². The van der Waals surface area contributed by atoms with Crippen molar-refractivity contribution in [1.29, 1.82) is 0 Å². The van der Waals surface area contributed by atoms with Crippen molar-refractivity contribution in [2.24, 2.45) is 0 Å². The molecule has 4 aromatic carbocycles. The molecule has 2 nitrogen and oxygen atoms in total. The van der Waals surface area contributed by atoms with Crippen molar-refractivity contribution < 1.29 is 0 Å². The molecule has 1 aliphatic rings. The number of hydrogen-bond acceptors (Lipinski definition) is 1. The number of rotatable bonds is 9. The zero-order valence-corrected chi connectivity index (χ0v) is 24.1. The maximum absolute atomic E-state index is 4.93. The number of benzene rings is 4. The van der Waals surface area contributed by atoms with Crippen LogP contribution in [-0.2, 0) is 6.17 Å². The van der Waals surface area contributed by atoms with Gasteiger partial charge in [-0.15, -0.1) is 0 Å². The summed E-state index contributed by atoms with van der Waals surface area (Å²) in [6.07, 6.45) is 14.1. The molecule has 5 aromatic rings. The zero-order chi connectivity index (χ0) is 27.0. The van der Waals surface area contributed by atoms with Gasteiger partial charge in [-0.1, -0.05) is 175 Å². The van der Waals surface area contributed by atoms with Crippen molar-refractivity contribution in [3.8, 4) is 0 Å². The smallest absolute Gasteiger partial charge is 0.241 e. The van der Waals surface area contributed by atoms with Gasteiger partial charge in [0.15, 0.2) is 0 Å². The van der Waals surface area contributed by atoms with Crippen LogP contribution in [0.3, 0.4) is 0 Å². The average molecular weight is 536 g/mol. The number of nitrogens with zero attached hydrogens (tertiary/aromatic N) is 2. The van der Waals surface area contributed by atoms with Crippen LogP contribution in [0.25, 0.3) is 11.5 Å². The summed E-state index contributed by atoms with van der Waals surface area (Å²) in [5, 5.41) is 3.08. The molecule has 197 valence electrons. The third-order valence-electron chi connectivity index (χ3n) is 8.56. The van der Waals surface area contributed by atoms with Gasteiger partial charge in [0.1, 0.15) is 8.07 Å². The summed E-state index contributed by atoms with van der Waals surface area (Å²) in [5.41, 5.74) is 5.28. The van der Waals surface area contributed by atoms with Gasteiger partial charge >= 0.3 is 0 Å². The summed E-state index contributed by atoms with van der Waals surface area (Å²) in [4.78, 5) is 4.93.